The van der Waals surface area contributed by atoms with Crippen molar-refractivity contribution in [1.29, 1.82) is 0 Å². The molecule has 2 aromatic carbocycles. The quantitative estimate of drug-likeness (QED) is 0.125. The monoisotopic (exact) mass is 719 g/mol. The Balaban J connectivity index is 1.50. The van der Waals surface area contributed by atoms with E-state index >= 15 is 0 Å². The zero-order chi connectivity index (χ0) is 36.9. The van der Waals surface area contributed by atoms with Gasteiger partial charge in [0, 0.05) is 33.2 Å². The maximum Gasteiger partial charge on any atom is 0.313 e. The van der Waals surface area contributed by atoms with Crippen molar-refractivity contribution in [3.05, 3.63) is 90.0 Å². The molecule has 0 saturated carbocycles. The summed E-state index contributed by atoms with van der Waals surface area (Å²) in [6, 6.07) is 13.1. The lowest BCUT2D eigenvalue weighted by molar-refractivity contribution is -0.164. The van der Waals surface area contributed by atoms with E-state index in [1.54, 1.807) is 40.0 Å². The number of amides is 3. The summed E-state index contributed by atoms with van der Waals surface area (Å²) in [4.78, 5) is 61.7. The van der Waals surface area contributed by atoms with Crippen LogP contribution < -0.4 is 4.90 Å². The number of para-hydroxylation sites is 1. The number of carbonyl (C=O) groups excluding carboxylic acids is 4. The molecule has 3 heterocycles. The number of hydrogen-bond donors (Lipinski definition) is 1. The number of nitrogens with zero attached hydrogens (tertiary/aromatic N) is 3. The SMILES string of the molecule is C=CCCC(=O)N(C)[C@H](C)[C@H](OC(=O)[C@@H]1[C@@H]2CC[C@]3(O2)[C@H](C(=O)N(CC=C)c2c(C)cccc2Cl)N(CCCCCO)C(=O)[C@@H]13)c1ccccc1. The predicted molar refractivity (Wildman–Crippen MR) is 196 cm³/mol. The van der Waals surface area contributed by atoms with Crippen molar-refractivity contribution in [1.82, 2.24) is 9.80 Å². The number of esters is 1. The standard InChI is InChI=1S/C40H50ClN3O7/c1-6-8-20-31(46)42(5)27(4)35(28-17-11-9-12-18-28)50-39(49)32-30-21-22-40(51-30)33(32)37(47)44(24-13-10-14-25-45)36(40)38(48)43(23-7-2)34-26(3)16-15-19-29(34)41/h6-7,9,11-12,15-19,27,30,32-33,35-36,45H,1-2,8,10,13-14,20-25H2,3-5H3/t27-,30+,32-,33-,35+,36+,40-/m1/s1. The van der Waals surface area contributed by atoms with Crippen molar-refractivity contribution in [3.63, 3.8) is 0 Å². The van der Waals surface area contributed by atoms with Gasteiger partial charge in [-0.2, -0.15) is 0 Å². The molecule has 10 nitrogen and oxygen atoms in total. The maximum absolute atomic E-state index is 14.9. The molecule has 0 aromatic heterocycles. The molecular weight excluding hydrogens is 670 g/mol. The first-order chi connectivity index (χ1) is 24.5. The van der Waals surface area contributed by atoms with Crippen LogP contribution in [0.5, 0.6) is 0 Å². The molecule has 2 aromatic rings. The molecule has 0 unspecified atom stereocenters. The van der Waals surface area contributed by atoms with Crippen LogP contribution in [0.4, 0.5) is 5.69 Å². The fourth-order valence-electron chi connectivity index (χ4n) is 8.17. The Labute approximate surface area is 306 Å². The van der Waals surface area contributed by atoms with E-state index in [0.717, 1.165) is 5.56 Å². The highest BCUT2D eigenvalue weighted by atomic mass is 35.5. The van der Waals surface area contributed by atoms with Crippen LogP contribution in [0.3, 0.4) is 0 Å². The smallest absolute Gasteiger partial charge is 0.313 e. The van der Waals surface area contributed by atoms with E-state index in [1.165, 1.54) is 0 Å². The zero-order valence-corrected chi connectivity index (χ0v) is 30.6. The first kappa shape index (κ1) is 38.2. The van der Waals surface area contributed by atoms with Gasteiger partial charge in [-0.1, -0.05) is 66.2 Å². The average molecular weight is 720 g/mol. The highest BCUT2D eigenvalue weighted by Gasteiger charge is 2.75. The molecule has 3 aliphatic heterocycles. The van der Waals surface area contributed by atoms with Gasteiger partial charge >= 0.3 is 5.97 Å². The lowest BCUT2D eigenvalue weighted by Crippen LogP contribution is -2.56. The molecule has 5 rings (SSSR count). The summed E-state index contributed by atoms with van der Waals surface area (Å²) in [5.74, 6) is -3.26. The molecule has 3 fully saturated rings. The summed E-state index contributed by atoms with van der Waals surface area (Å²) in [6.07, 6.45) is 5.35. The highest BCUT2D eigenvalue weighted by molar-refractivity contribution is 6.34. The van der Waals surface area contributed by atoms with Crippen molar-refractivity contribution in [2.24, 2.45) is 11.8 Å². The summed E-state index contributed by atoms with van der Waals surface area (Å²) < 4.78 is 13.0. The number of fused-ring (bicyclic) bond motifs is 1. The summed E-state index contributed by atoms with van der Waals surface area (Å²) >= 11 is 6.68. The molecule has 1 N–H and O–H groups in total. The number of likely N-dealkylation sites (N-methyl/N-ethyl adjacent to an activating group) is 1. The second kappa shape index (κ2) is 16.6. The minimum Gasteiger partial charge on any atom is -0.455 e. The second-order valence-electron chi connectivity index (χ2n) is 13.9. The molecular formula is C40H50ClN3O7. The third-order valence-electron chi connectivity index (χ3n) is 10.8. The van der Waals surface area contributed by atoms with Gasteiger partial charge < -0.3 is 29.3 Å². The van der Waals surface area contributed by atoms with E-state index in [9.17, 15) is 24.3 Å². The Morgan fingerprint density at radius 3 is 2.53 bits per heavy atom. The third kappa shape index (κ3) is 7.36. The van der Waals surface area contributed by atoms with E-state index in [1.807, 2.05) is 56.3 Å². The molecule has 51 heavy (non-hydrogen) atoms. The predicted octanol–water partition coefficient (Wildman–Crippen LogP) is 5.80. The van der Waals surface area contributed by atoms with Gasteiger partial charge in [-0.05, 0) is 69.6 Å². The minimum absolute atomic E-state index is 0.0243. The van der Waals surface area contributed by atoms with Crippen LogP contribution in [-0.2, 0) is 28.7 Å². The normalized spacial score (nSPS) is 24.5. The van der Waals surface area contributed by atoms with Crippen LogP contribution in [0.1, 0.15) is 69.1 Å². The number of ether oxygens (including phenoxy) is 2. The lowest BCUT2D eigenvalue weighted by Gasteiger charge is -2.37. The van der Waals surface area contributed by atoms with Gasteiger partial charge in [0.1, 0.15) is 17.7 Å². The Kier molecular flexibility index (Phi) is 12.4. The van der Waals surface area contributed by atoms with Crippen LogP contribution >= 0.6 is 11.6 Å². The number of benzene rings is 2. The van der Waals surface area contributed by atoms with Gasteiger partial charge in [0.2, 0.25) is 11.8 Å². The summed E-state index contributed by atoms with van der Waals surface area (Å²) in [6.45, 7) is 11.7. The largest absolute Gasteiger partial charge is 0.455 e. The number of rotatable bonds is 17. The zero-order valence-electron chi connectivity index (χ0n) is 29.8. The van der Waals surface area contributed by atoms with Crippen molar-refractivity contribution in [3.8, 4) is 0 Å². The topological polar surface area (TPSA) is 117 Å². The first-order valence-electron chi connectivity index (χ1n) is 17.9. The second-order valence-corrected chi connectivity index (χ2v) is 14.3. The molecule has 7 atom stereocenters. The molecule has 2 bridgehead atoms. The first-order valence-corrected chi connectivity index (χ1v) is 18.3. The van der Waals surface area contributed by atoms with Crippen LogP contribution in [0.2, 0.25) is 5.02 Å². The van der Waals surface area contributed by atoms with Crippen LogP contribution in [0.25, 0.3) is 0 Å². The molecule has 0 radical (unpaired) electrons. The Bertz CT molecular complexity index is 1600. The fraction of sp³-hybridized carbons (Fsp3) is 0.500. The van der Waals surface area contributed by atoms with E-state index in [-0.39, 0.29) is 43.8 Å². The maximum atomic E-state index is 14.9. The van der Waals surface area contributed by atoms with Crippen LogP contribution in [0, 0.1) is 18.8 Å². The number of likely N-dealkylation sites (tertiary alicyclic amines) is 1. The lowest BCUT2D eigenvalue weighted by atomic mass is 9.70. The molecule has 3 amide bonds. The summed E-state index contributed by atoms with van der Waals surface area (Å²) in [5, 5.41) is 9.80. The van der Waals surface area contributed by atoms with Gasteiger partial charge in [0.15, 0.2) is 0 Å². The van der Waals surface area contributed by atoms with E-state index in [0.29, 0.717) is 54.8 Å². The number of aliphatic hydroxyl groups is 1. The van der Waals surface area contributed by atoms with E-state index < -0.39 is 47.7 Å². The molecule has 3 aliphatic rings. The number of halogens is 1. The number of unbranched alkanes of at least 4 members (excludes halogenated alkanes) is 2. The number of aliphatic hydroxyl groups excluding tert-OH is 1. The number of allylic oxidation sites excluding steroid dienone is 1. The highest BCUT2D eigenvalue weighted by Crippen LogP contribution is 2.59. The third-order valence-corrected chi connectivity index (χ3v) is 11.1. The summed E-state index contributed by atoms with van der Waals surface area (Å²) in [7, 11) is 1.69. The van der Waals surface area contributed by atoms with Crippen LogP contribution in [-0.4, -0.2) is 89.1 Å². The van der Waals surface area contributed by atoms with Gasteiger partial charge in [0.25, 0.3) is 5.91 Å². The average Bonchev–Trinajstić information content (AvgIpc) is 3.77. The van der Waals surface area contributed by atoms with Crippen molar-refractivity contribution >= 4 is 41.0 Å². The molecule has 3 saturated heterocycles. The summed E-state index contributed by atoms with van der Waals surface area (Å²) in [5.41, 5.74) is 0.788. The van der Waals surface area contributed by atoms with Gasteiger partial charge in [0.05, 0.1) is 34.7 Å². The number of carbonyl (C=O) groups is 4. The van der Waals surface area contributed by atoms with Gasteiger partial charge in [-0.3, -0.25) is 19.2 Å². The van der Waals surface area contributed by atoms with Crippen LogP contribution in [0.15, 0.2) is 73.8 Å². The van der Waals surface area contributed by atoms with Crippen molar-refractivity contribution in [2.75, 3.05) is 31.6 Å². The Morgan fingerprint density at radius 1 is 1.12 bits per heavy atom. The van der Waals surface area contributed by atoms with Crippen molar-refractivity contribution in [2.45, 2.75) is 88.7 Å². The number of hydrogen-bond acceptors (Lipinski definition) is 7. The molecule has 1 spiro atoms. The molecule has 11 heteroatoms. The molecule has 274 valence electrons. The minimum atomic E-state index is -1.25. The molecule has 0 aliphatic carbocycles. The van der Waals surface area contributed by atoms with E-state index in [2.05, 4.69) is 13.2 Å². The number of anilines is 1. The van der Waals surface area contributed by atoms with E-state index in [4.69, 9.17) is 21.1 Å². The fourth-order valence-corrected chi connectivity index (χ4v) is 8.49. The number of aryl methyl sites for hydroxylation is 1. The Morgan fingerprint density at radius 2 is 1.86 bits per heavy atom. The Hall–Kier alpha value is -3.99. The van der Waals surface area contributed by atoms with Gasteiger partial charge in [-0.15, -0.1) is 13.2 Å². The van der Waals surface area contributed by atoms with Gasteiger partial charge in [-0.25, -0.2) is 0 Å². The van der Waals surface area contributed by atoms with Crippen molar-refractivity contribution < 1.29 is 33.8 Å².